The number of hydrogen-bond acceptors (Lipinski definition) is 5. The van der Waals surface area contributed by atoms with Crippen LogP contribution in [0.3, 0.4) is 0 Å². The van der Waals surface area contributed by atoms with Gasteiger partial charge in [0, 0.05) is 30.7 Å². The van der Waals surface area contributed by atoms with Gasteiger partial charge >= 0.3 is 0 Å². The first-order valence-corrected chi connectivity index (χ1v) is 6.84. The summed E-state index contributed by atoms with van der Waals surface area (Å²) in [6, 6.07) is 15.3. The zero-order valence-corrected chi connectivity index (χ0v) is 12.3. The van der Waals surface area contributed by atoms with Crippen molar-refractivity contribution in [2.24, 2.45) is 0 Å². The van der Waals surface area contributed by atoms with Crippen LogP contribution in [0.2, 0.25) is 0 Å². The van der Waals surface area contributed by atoms with E-state index in [9.17, 15) is 4.79 Å². The van der Waals surface area contributed by atoms with Gasteiger partial charge in [-0.15, -0.1) is 10.2 Å². The van der Waals surface area contributed by atoms with Gasteiger partial charge in [-0.25, -0.2) is 0 Å². The number of anilines is 3. The van der Waals surface area contributed by atoms with Crippen molar-refractivity contribution >= 4 is 34.0 Å². The van der Waals surface area contributed by atoms with Gasteiger partial charge in [-0.05, 0) is 41.6 Å². The lowest BCUT2D eigenvalue weighted by Gasteiger charge is -2.19. The third-order valence-electron chi connectivity index (χ3n) is 3.33. The van der Waals surface area contributed by atoms with E-state index in [-0.39, 0.29) is 5.91 Å². The number of nitrogens with one attached hydrogen (secondary N) is 1. The van der Waals surface area contributed by atoms with E-state index in [0.717, 1.165) is 28.1 Å². The van der Waals surface area contributed by atoms with Crippen LogP contribution in [0, 0.1) is 0 Å². The highest BCUT2D eigenvalue weighted by Crippen LogP contribution is 2.28. The van der Waals surface area contributed by atoms with Crippen LogP contribution < -0.4 is 10.2 Å². The normalized spacial score (nSPS) is 10.5. The van der Waals surface area contributed by atoms with Gasteiger partial charge in [-0.1, -0.05) is 12.1 Å². The maximum absolute atomic E-state index is 11.1. The maximum atomic E-state index is 11.1. The van der Waals surface area contributed by atoms with Gasteiger partial charge in [0.25, 0.3) is 0 Å². The first-order valence-electron chi connectivity index (χ1n) is 6.84. The van der Waals surface area contributed by atoms with E-state index in [1.54, 1.807) is 0 Å². The van der Waals surface area contributed by atoms with E-state index in [2.05, 4.69) is 20.7 Å². The van der Waals surface area contributed by atoms with Crippen LogP contribution in [0.4, 0.5) is 17.2 Å². The predicted molar refractivity (Wildman–Crippen MR) is 86.1 cm³/mol. The average molecular weight is 293 g/mol. The molecule has 110 valence electrons. The Labute approximate surface area is 127 Å². The van der Waals surface area contributed by atoms with Crippen LogP contribution in [0.25, 0.3) is 10.9 Å². The summed E-state index contributed by atoms with van der Waals surface area (Å²) in [6.07, 6.45) is 0. The van der Waals surface area contributed by atoms with E-state index in [1.807, 2.05) is 60.5 Å². The lowest BCUT2D eigenvalue weighted by molar-refractivity contribution is -0.114. The molecular weight excluding hydrogens is 278 g/mol. The molecule has 0 spiro atoms. The highest BCUT2D eigenvalue weighted by molar-refractivity contribution is 5.91. The highest BCUT2D eigenvalue weighted by Gasteiger charge is 2.11. The number of amides is 1. The molecule has 0 bridgehead atoms. The standard InChI is InChI=1S/C16H15N5O/c1-11(22)17-12-7-9-13(10-8-12)21(2)16-14-5-3-4-6-15(14)18-20-19-16/h3-10H,1-2H3,(H,17,22). The maximum Gasteiger partial charge on any atom is 0.221 e. The Bertz CT molecular complexity index is 811. The first-order chi connectivity index (χ1) is 10.6. The van der Waals surface area contributed by atoms with Crippen molar-refractivity contribution < 1.29 is 4.79 Å². The fraction of sp³-hybridized carbons (Fsp3) is 0.125. The molecule has 1 heterocycles. The van der Waals surface area contributed by atoms with Gasteiger partial charge in [-0.3, -0.25) is 4.79 Å². The third-order valence-corrected chi connectivity index (χ3v) is 3.33. The van der Waals surface area contributed by atoms with Crippen molar-refractivity contribution in [2.75, 3.05) is 17.3 Å². The first kappa shape index (κ1) is 13.9. The minimum absolute atomic E-state index is 0.0906. The zero-order chi connectivity index (χ0) is 15.5. The summed E-state index contributed by atoms with van der Waals surface area (Å²) in [4.78, 5) is 13.0. The number of fused-ring (bicyclic) bond motifs is 1. The van der Waals surface area contributed by atoms with Gasteiger partial charge in [0.15, 0.2) is 5.82 Å². The molecule has 0 unspecified atom stereocenters. The molecule has 0 saturated heterocycles. The van der Waals surface area contributed by atoms with Gasteiger partial charge in [0.05, 0.1) is 5.52 Å². The summed E-state index contributed by atoms with van der Waals surface area (Å²) >= 11 is 0. The quantitative estimate of drug-likeness (QED) is 0.804. The molecule has 0 aliphatic carbocycles. The van der Waals surface area contributed by atoms with E-state index in [4.69, 9.17) is 0 Å². The molecule has 1 aromatic heterocycles. The Kier molecular flexibility index (Phi) is 3.65. The van der Waals surface area contributed by atoms with E-state index in [1.165, 1.54) is 6.92 Å². The molecule has 0 radical (unpaired) electrons. The summed E-state index contributed by atoms with van der Waals surface area (Å²) in [6.45, 7) is 1.48. The largest absolute Gasteiger partial charge is 0.327 e. The number of benzene rings is 2. The lowest BCUT2D eigenvalue weighted by atomic mass is 10.2. The minimum atomic E-state index is -0.0906. The van der Waals surface area contributed by atoms with E-state index in [0.29, 0.717) is 0 Å². The second-order valence-electron chi connectivity index (χ2n) is 4.92. The van der Waals surface area contributed by atoms with Crippen molar-refractivity contribution in [1.29, 1.82) is 0 Å². The Hall–Kier alpha value is -3.02. The summed E-state index contributed by atoms with van der Waals surface area (Å²) in [7, 11) is 1.92. The summed E-state index contributed by atoms with van der Waals surface area (Å²) in [5, 5.41) is 15.7. The number of carbonyl (C=O) groups excluding carboxylic acids is 1. The Morgan fingerprint density at radius 1 is 1.05 bits per heavy atom. The number of nitrogens with zero attached hydrogens (tertiary/aromatic N) is 4. The summed E-state index contributed by atoms with van der Waals surface area (Å²) in [5.74, 6) is 0.643. The van der Waals surface area contributed by atoms with Crippen LogP contribution >= 0.6 is 0 Å². The fourth-order valence-electron chi connectivity index (χ4n) is 2.26. The molecular formula is C16H15N5O. The summed E-state index contributed by atoms with van der Waals surface area (Å²) in [5.41, 5.74) is 2.50. The van der Waals surface area contributed by atoms with Crippen molar-refractivity contribution in [3.63, 3.8) is 0 Å². The van der Waals surface area contributed by atoms with Crippen molar-refractivity contribution in [2.45, 2.75) is 6.92 Å². The topological polar surface area (TPSA) is 71.0 Å². The Morgan fingerprint density at radius 2 is 1.77 bits per heavy atom. The van der Waals surface area contributed by atoms with Crippen LogP contribution in [-0.2, 0) is 4.79 Å². The van der Waals surface area contributed by atoms with Gasteiger partial charge in [0.2, 0.25) is 5.91 Å². The molecule has 6 heteroatoms. The number of hydrogen-bond donors (Lipinski definition) is 1. The highest BCUT2D eigenvalue weighted by atomic mass is 16.1. The van der Waals surface area contributed by atoms with E-state index >= 15 is 0 Å². The molecule has 6 nitrogen and oxygen atoms in total. The SMILES string of the molecule is CC(=O)Nc1ccc(N(C)c2nnnc3ccccc23)cc1. The molecule has 0 fully saturated rings. The van der Waals surface area contributed by atoms with Crippen molar-refractivity contribution in [3.8, 4) is 0 Å². The smallest absolute Gasteiger partial charge is 0.221 e. The Balaban J connectivity index is 1.95. The van der Waals surface area contributed by atoms with Gasteiger partial charge in [-0.2, -0.15) is 0 Å². The molecule has 0 atom stereocenters. The molecule has 1 amide bonds. The molecule has 0 aliphatic heterocycles. The molecule has 1 N–H and O–H groups in total. The number of rotatable bonds is 3. The molecule has 3 aromatic rings. The second kappa shape index (κ2) is 5.77. The van der Waals surface area contributed by atoms with Crippen molar-refractivity contribution in [3.05, 3.63) is 48.5 Å². The minimum Gasteiger partial charge on any atom is -0.327 e. The average Bonchev–Trinajstić information content (AvgIpc) is 2.54. The third kappa shape index (κ3) is 2.71. The van der Waals surface area contributed by atoms with Gasteiger partial charge in [0.1, 0.15) is 0 Å². The predicted octanol–water partition coefficient (Wildman–Crippen LogP) is 2.75. The lowest BCUT2D eigenvalue weighted by Crippen LogP contribution is -2.13. The Morgan fingerprint density at radius 3 is 2.50 bits per heavy atom. The molecule has 22 heavy (non-hydrogen) atoms. The molecule has 0 aliphatic rings. The van der Waals surface area contributed by atoms with Crippen LogP contribution in [0.1, 0.15) is 6.92 Å². The van der Waals surface area contributed by atoms with Crippen LogP contribution in [0.5, 0.6) is 0 Å². The second-order valence-corrected chi connectivity index (χ2v) is 4.92. The van der Waals surface area contributed by atoms with Crippen molar-refractivity contribution in [1.82, 2.24) is 15.4 Å². The molecule has 0 saturated carbocycles. The summed E-state index contributed by atoms with van der Waals surface area (Å²) < 4.78 is 0. The molecule has 2 aromatic carbocycles. The van der Waals surface area contributed by atoms with E-state index < -0.39 is 0 Å². The van der Waals surface area contributed by atoms with Gasteiger partial charge < -0.3 is 10.2 Å². The number of aromatic nitrogens is 3. The zero-order valence-electron chi connectivity index (χ0n) is 12.3. The van der Waals surface area contributed by atoms with Crippen LogP contribution in [0.15, 0.2) is 48.5 Å². The monoisotopic (exact) mass is 293 g/mol. The van der Waals surface area contributed by atoms with Crippen LogP contribution in [-0.4, -0.2) is 28.4 Å². The number of carbonyl (C=O) groups is 1. The fourth-order valence-corrected chi connectivity index (χ4v) is 2.26. The molecule has 3 rings (SSSR count).